The molecule has 1 saturated heterocycles. The molecule has 0 amide bonds. The lowest BCUT2D eigenvalue weighted by Gasteiger charge is -2.35. The fourth-order valence-corrected chi connectivity index (χ4v) is 4.18. The number of aromatic nitrogens is 4. The lowest BCUT2D eigenvalue weighted by Crippen LogP contribution is -2.48. The minimum atomic E-state index is -0.0639. The summed E-state index contributed by atoms with van der Waals surface area (Å²) in [5.41, 5.74) is 0.846. The van der Waals surface area contributed by atoms with Gasteiger partial charge in [0.25, 0.3) is 5.56 Å². The molecular formula is C20H26N6OS. The molecule has 0 N–H and O–H groups in total. The summed E-state index contributed by atoms with van der Waals surface area (Å²) in [6.07, 6.45) is 1.65. The average molecular weight is 399 g/mol. The summed E-state index contributed by atoms with van der Waals surface area (Å²) in [4.78, 5) is 26.8. The van der Waals surface area contributed by atoms with E-state index >= 15 is 0 Å². The smallest absolute Gasteiger partial charge is 0.266 e. The summed E-state index contributed by atoms with van der Waals surface area (Å²) in [6.45, 7) is 11.5. The number of thiophene rings is 1. The van der Waals surface area contributed by atoms with Crippen molar-refractivity contribution in [2.75, 3.05) is 37.6 Å². The Morgan fingerprint density at radius 2 is 1.82 bits per heavy atom. The molecule has 4 rings (SSSR count). The SMILES string of the molecule is CC(C)(C)c1ccc(=O)n(CCN2CCN(c3ncnc4sccc34)CC2)n1. The van der Waals surface area contributed by atoms with E-state index in [1.165, 1.54) is 0 Å². The highest BCUT2D eigenvalue weighted by Gasteiger charge is 2.21. The molecule has 0 radical (unpaired) electrons. The van der Waals surface area contributed by atoms with Gasteiger partial charge in [-0.3, -0.25) is 9.69 Å². The molecule has 3 aromatic rings. The van der Waals surface area contributed by atoms with Crippen molar-refractivity contribution in [3.05, 3.63) is 46.0 Å². The van der Waals surface area contributed by atoms with Crippen molar-refractivity contribution in [2.45, 2.75) is 32.7 Å². The molecule has 0 unspecified atom stereocenters. The van der Waals surface area contributed by atoms with Crippen molar-refractivity contribution in [3.63, 3.8) is 0 Å². The van der Waals surface area contributed by atoms with Crippen molar-refractivity contribution in [1.82, 2.24) is 24.6 Å². The Kier molecular flexibility index (Phi) is 5.16. The van der Waals surface area contributed by atoms with E-state index in [0.29, 0.717) is 6.54 Å². The van der Waals surface area contributed by atoms with Crippen LogP contribution in [0.3, 0.4) is 0 Å². The van der Waals surface area contributed by atoms with Gasteiger partial charge in [-0.2, -0.15) is 5.10 Å². The summed E-state index contributed by atoms with van der Waals surface area (Å²) < 4.78 is 1.60. The molecule has 1 aliphatic heterocycles. The number of hydrogen-bond donors (Lipinski definition) is 0. The monoisotopic (exact) mass is 398 g/mol. The molecular weight excluding hydrogens is 372 g/mol. The van der Waals surface area contributed by atoms with Gasteiger partial charge < -0.3 is 4.90 Å². The maximum absolute atomic E-state index is 12.2. The molecule has 0 saturated carbocycles. The summed E-state index contributed by atoms with van der Waals surface area (Å²) in [7, 11) is 0. The maximum atomic E-state index is 12.2. The Labute approximate surface area is 168 Å². The Morgan fingerprint density at radius 3 is 2.57 bits per heavy atom. The minimum Gasteiger partial charge on any atom is -0.353 e. The third-order valence-electron chi connectivity index (χ3n) is 5.18. The molecule has 1 aliphatic rings. The van der Waals surface area contributed by atoms with Gasteiger partial charge >= 0.3 is 0 Å². The Hall–Kier alpha value is -2.32. The first-order valence-electron chi connectivity index (χ1n) is 9.66. The molecule has 0 spiro atoms. The normalized spacial score (nSPS) is 16.0. The summed E-state index contributed by atoms with van der Waals surface area (Å²) in [5, 5.41) is 7.77. The summed E-state index contributed by atoms with van der Waals surface area (Å²) in [5.74, 6) is 1.03. The van der Waals surface area contributed by atoms with E-state index in [1.54, 1.807) is 28.4 Å². The molecule has 0 aromatic carbocycles. The molecule has 0 aliphatic carbocycles. The Balaban J connectivity index is 1.38. The van der Waals surface area contributed by atoms with Crippen molar-refractivity contribution in [2.24, 2.45) is 0 Å². The molecule has 28 heavy (non-hydrogen) atoms. The van der Waals surface area contributed by atoms with Crippen LogP contribution in [0, 0.1) is 0 Å². The van der Waals surface area contributed by atoms with Crippen molar-refractivity contribution < 1.29 is 0 Å². The van der Waals surface area contributed by atoms with E-state index in [-0.39, 0.29) is 11.0 Å². The lowest BCUT2D eigenvalue weighted by atomic mass is 9.92. The molecule has 1 fully saturated rings. The molecule has 148 valence electrons. The Morgan fingerprint density at radius 1 is 1.04 bits per heavy atom. The van der Waals surface area contributed by atoms with Crippen LogP contribution in [0.25, 0.3) is 10.2 Å². The van der Waals surface area contributed by atoms with Crippen LogP contribution >= 0.6 is 11.3 Å². The number of nitrogens with zero attached hydrogens (tertiary/aromatic N) is 6. The van der Waals surface area contributed by atoms with Crippen LogP contribution in [0.1, 0.15) is 26.5 Å². The molecule has 8 heteroatoms. The number of hydrogen-bond acceptors (Lipinski definition) is 7. The van der Waals surface area contributed by atoms with E-state index in [4.69, 9.17) is 0 Å². The van der Waals surface area contributed by atoms with E-state index in [1.807, 2.05) is 6.07 Å². The molecule has 0 bridgehead atoms. The third kappa shape index (κ3) is 3.93. The van der Waals surface area contributed by atoms with Crippen LogP contribution in [0.5, 0.6) is 0 Å². The predicted octanol–water partition coefficient (Wildman–Crippen LogP) is 2.37. The van der Waals surface area contributed by atoms with Gasteiger partial charge in [0.2, 0.25) is 0 Å². The first-order chi connectivity index (χ1) is 13.4. The molecule has 3 aromatic heterocycles. The molecule has 0 atom stereocenters. The van der Waals surface area contributed by atoms with Gasteiger partial charge in [-0.05, 0) is 17.5 Å². The van der Waals surface area contributed by atoms with Gasteiger partial charge in [0.1, 0.15) is 17.0 Å². The third-order valence-corrected chi connectivity index (χ3v) is 6.00. The first-order valence-corrected chi connectivity index (χ1v) is 10.5. The van der Waals surface area contributed by atoms with E-state index in [2.05, 4.69) is 57.1 Å². The summed E-state index contributed by atoms with van der Waals surface area (Å²) >= 11 is 1.65. The summed E-state index contributed by atoms with van der Waals surface area (Å²) in [6, 6.07) is 5.57. The second-order valence-electron chi connectivity index (χ2n) is 8.20. The highest BCUT2D eigenvalue weighted by atomic mass is 32.1. The molecule has 4 heterocycles. The van der Waals surface area contributed by atoms with Crippen LogP contribution in [0.15, 0.2) is 34.7 Å². The fourth-order valence-electron chi connectivity index (χ4n) is 3.46. The van der Waals surface area contributed by atoms with Crippen LogP contribution in [-0.4, -0.2) is 57.4 Å². The number of piperazine rings is 1. The second kappa shape index (κ2) is 7.60. The van der Waals surface area contributed by atoms with Gasteiger partial charge in [0.15, 0.2) is 0 Å². The van der Waals surface area contributed by atoms with Gasteiger partial charge in [-0.25, -0.2) is 14.6 Å². The average Bonchev–Trinajstić information content (AvgIpc) is 3.16. The largest absolute Gasteiger partial charge is 0.353 e. The van der Waals surface area contributed by atoms with E-state index in [0.717, 1.165) is 54.5 Å². The van der Waals surface area contributed by atoms with Gasteiger partial charge in [0.05, 0.1) is 17.6 Å². The van der Waals surface area contributed by atoms with Crippen LogP contribution in [0.4, 0.5) is 5.82 Å². The fraction of sp³-hybridized carbons (Fsp3) is 0.500. The van der Waals surface area contributed by atoms with E-state index in [9.17, 15) is 4.79 Å². The predicted molar refractivity (Wildman–Crippen MR) is 113 cm³/mol. The quantitative estimate of drug-likeness (QED) is 0.672. The van der Waals surface area contributed by atoms with Gasteiger partial charge in [0, 0.05) is 44.2 Å². The zero-order chi connectivity index (χ0) is 19.7. The zero-order valence-corrected chi connectivity index (χ0v) is 17.4. The van der Waals surface area contributed by atoms with Gasteiger partial charge in [-0.1, -0.05) is 20.8 Å². The van der Waals surface area contributed by atoms with Crippen molar-refractivity contribution in [1.29, 1.82) is 0 Å². The van der Waals surface area contributed by atoms with Crippen molar-refractivity contribution in [3.8, 4) is 0 Å². The highest BCUT2D eigenvalue weighted by Crippen LogP contribution is 2.27. The lowest BCUT2D eigenvalue weighted by molar-refractivity contribution is 0.241. The standard InChI is InChI=1S/C20H26N6OS/c1-20(2,3)16-4-5-17(27)26(23-16)12-9-24-7-10-25(11-8-24)18-15-6-13-28-19(15)22-14-21-18/h4-6,13-14H,7-12H2,1-3H3. The minimum absolute atomic E-state index is 0.0347. The highest BCUT2D eigenvalue weighted by molar-refractivity contribution is 7.16. The van der Waals surface area contributed by atoms with Crippen LogP contribution in [-0.2, 0) is 12.0 Å². The van der Waals surface area contributed by atoms with Crippen molar-refractivity contribution >= 4 is 27.4 Å². The van der Waals surface area contributed by atoms with E-state index < -0.39 is 0 Å². The topological polar surface area (TPSA) is 67.2 Å². The maximum Gasteiger partial charge on any atom is 0.266 e. The van der Waals surface area contributed by atoms with Crippen LogP contribution in [0.2, 0.25) is 0 Å². The zero-order valence-electron chi connectivity index (χ0n) is 16.6. The second-order valence-corrected chi connectivity index (χ2v) is 9.09. The van der Waals surface area contributed by atoms with Crippen LogP contribution < -0.4 is 10.5 Å². The Bertz CT molecular complexity index is 1010. The number of fused-ring (bicyclic) bond motifs is 1. The first kappa shape index (κ1) is 19.0. The van der Waals surface area contributed by atoms with Gasteiger partial charge in [-0.15, -0.1) is 11.3 Å². The molecule has 7 nitrogen and oxygen atoms in total. The number of rotatable bonds is 4. The number of anilines is 1.